The van der Waals surface area contributed by atoms with Gasteiger partial charge in [0.15, 0.2) is 15.0 Å². The van der Waals surface area contributed by atoms with E-state index in [0.29, 0.717) is 23.8 Å². The van der Waals surface area contributed by atoms with Crippen LogP contribution in [0.15, 0.2) is 5.16 Å². The molecule has 0 unspecified atom stereocenters. The van der Waals surface area contributed by atoms with E-state index in [4.69, 9.17) is 0 Å². The van der Waals surface area contributed by atoms with Crippen molar-refractivity contribution in [1.82, 2.24) is 20.1 Å². The first-order valence-electron chi connectivity index (χ1n) is 8.31. The first-order valence-corrected chi connectivity index (χ1v) is 11.1. The van der Waals surface area contributed by atoms with Crippen molar-refractivity contribution in [3.8, 4) is 0 Å². The normalized spacial score (nSPS) is 20.9. The quantitative estimate of drug-likeness (QED) is 0.687. The van der Waals surface area contributed by atoms with E-state index in [-0.39, 0.29) is 29.4 Å². The second-order valence-electron chi connectivity index (χ2n) is 6.48. The van der Waals surface area contributed by atoms with Gasteiger partial charge in [-0.25, -0.2) is 8.42 Å². The molecule has 1 aliphatic rings. The van der Waals surface area contributed by atoms with Gasteiger partial charge in [-0.15, -0.1) is 10.2 Å². The Balaban J connectivity index is 1.85. The third-order valence-corrected chi connectivity index (χ3v) is 7.04. The van der Waals surface area contributed by atoms with Crippen LogP contribution in [0.5, 0.6) is 0 Å². The van der Waals surface area contributed by atoms with Gasteiger partial charge in [0.05, 0.1) is 17.3 Å². The van der Waals surface area contributed by atoms with Crippen LogP contribution in [0.3, 0.4) is 0 Å². The molecule has 1 N–H and O–H groups in total. The molecule has 2 rings (SSSR count). The number of carbonyl (C=O) groups is 1. The molecule has 0 spiro atoms. The monoisotopic (exact) mass is 374 g/mol. The van der Waals surface area contributed by atoms with E-state index >= 15 is 0 Å². The van der Waals surface area contributed by atoms with Crippen LogP contribution in [0, 0.1) is 5.92 Å². The number of carbonyl (C=O) groups excluding carboxylic acids is 1. The number of hydrogen-bond acceptors (Lipinski definition) is 6. The van der Waals surface area contributed by atoms with Crippen molar-refractivity contribution in [2.75, 3.05) is 17.3 Å². The summed E-state index contributed by atoms with van der Waals surface area (Å²) in [6, 6.07) is 0.183. The predicted molar refractivity (Wildman–Crippen MR) is 94.7 cm³/mol. The highest BCUT2D eigenvalue weighted by atomic mass is 32.2. The maximum Gasteiger partial charge on any atom is 0.230 e. The predicted octanol–water partition coefficient (Wildman–Crippen LogP) is 1.19. The van der Waals surface area contributed by atoms with E-state index in [1.54, 1.807) is 0 Å². The van der Waals surface area contributed by atoms with Crippen molar-refractivity contribution in [2.24, 2.45) is 13.0 Å². The summed E-state index contributed by atoms with van der Waals surface area (Å²) >= 11 is 1.35. The zero-order valence-electron chi connectivity index (χ0n) is 14.5. The van der Waals surface area contributed by atoms with Crippen molar-refractivity contribution in [2.45, 2.75) is 50.7 Å². The summed E-state index contributed by atoms with van der Waals surface area (Å²) in [5, 5.41) is 11.9. The molecule has 1 saturated heterocycles. The average molecular weight is 375 g/mol. The van der Waals surface area contributed by atoms with E-state index in [1.165, 1.54) is 11.8 Å². The first-order chi connectivity index (χ1) is 11.3. The number of aromatic nitrogens is 3. The van der Waals surface area contributed by atoms with Gasteiger partial charge in [-0.2, -0.15) is 0 Å². The molecule has 24 heavy (non-hydrogen) atoms. The van der Waals surface area contributed by atoms with Crippen LogP contribution in [-0.4, -0.2) is 52.4 Å². The van der Waals surface area contributed by atoms with E-state index in [1.807, 2.05) is 18.5 Å². The van der Waals surface area contributed by atoms with Crippen LogP contribution >= 0.6 is 11.8 Å². The van der Waals surface area contributed by atoms with Crippen LogP contribution in [0.25, 0.3) is 0 Å². The van der Waals surface area contributed by atoms with Gasteiger partial charge in [-0.3, -0.25) is 4.79 Å². The zero-order chi connectivity index (χ0) is 17.7. The minimum absolute atomic E-state index is 0.00705. The van der Waals surface area contributed by atoms with Gasteiger partial charge in [-0.05, 0) is 25.7 Å². The van der Waals surface area contributed by atoms with E-state index in [9.17, 15) is 13.2 Å². The van der Waals surface area contributed by atoms with Crippen molar-refractivity contribution >= 4 is 27.5 Å². The molecule has 0 aliphatic carbocycles. The molecule has 1 amide bonds. The Labute approximate surface area is 147 Å². The molecule has 1 fully saturated rings. The summed E-state index contributed by atoms with van der Waals surface area (Å²) in [5.74, 6) is 1.70. The molecule has 0 aromatic carbocycles. The lowest BCUT2D eigenvalue weighted by atomic mass is 10.1. The molecule has 136 valence electrons. The highest BCUT2D eigenvalue weighted by molar-refractivity contribution is 7.99. The molecule has 1 aromatic heterocycles. The zero-order valence-corrected chi connectivity index (χ0v) is 16.1. The van der Waals surface area contributed by atoms with Crippen LogP contribution in [0.4, 0.5) is 0 Å². The lowest BCUT2D eigenvalue weighted by molar-refractivity contribution is -0.119. The lowest BCUT2D eigenvalue weighted by Crippen LogP contribution is -2.33. The summed E-state index contributed by atoms with van der Waals surface area (Å²) in [6.45, 7) is 4.09. The summed E-state index contributed by atoms with van der Waals surface area (Å²) < 4.78 is 24.9. The fourth-order valence-corrected chi connectivity index (χ4v) is 5.49. The minimum atomic E-state index is -2.88. The molecular weight excluding hydrogens is 348 g/mol. The second-order valence-corrected chi connectivity index (χ2v) is 9.65. The summed E-state index contributed by atoms with van der Waals surface area (Å²) in [6.07, 6.45) is 3.31. The van der Waals surface area contributed by atoms with E-state index in [2.05, 4.69) is 22.4 Å². The van der Waals surface area contributed by atoms with Crippen molar-refractivity contribution in [3.63, 3.8) is 0 Å². The van der Waals surface area contributed by atoms with E-state index in [0.717, 1.165) is 18.7 Å². The number of nitrogens with zero attached hydrogens (tertiary/aromatic N) is 3. The molecule has 2 atom stereocenters. The highest BCUT2D eigenvalue weighted by Crippen LogP contribution is 2.23. The number of hydrogen-bond donors (Lipinski definition) is 1. The van der Waals surface area contributed by atoms with Gasteiger partial charge >= 0.3 is 0 Å². The maximum absolute atomic E-state index is 11.9. The van der Waals surface area contributed by atoms with Gasteiger partial charge < -0.3 is 9.88 Å². The Morgan fingerprint density at radius 2 is 2.21 bits per heavy atom. The Morgan fingerprint density at radius 1 is 1.46 bits per heavy atom. The van der Waals surface area contributed by atoms with Gasteiger partial charge in [-0.1, -0.05) is 25.1 Å². The van der Waals surface area contributed by atoms with Crippen LogP contribution in [0.1, 0.15) is 38.9 Å². The molecule has 2 heterocycles. The second kappa shape index (κ2) is 8.33. The summed E-state index contributed by atoms with van der Waals surface area (Å²) in [7, 11) is -1.02. The number of amides is 1. The fourth-order valence-electron chi connectivity index (χ4n) is 2.89. The van der Waals surface area contributed by atoms with Gasteiger partial charge in [0.1, 0.15) is 5.82 Å². The molecule has 7 nitrogen and oxygen atoms in total. The first kappa shape index (κ1) is 19.2. The number of thioether (sulfide) groups is 1. The molecule has 0 saturated carbocycles. The summed E-state index contributed by atoms with van der Waals surface area (Å²) in [4.78, 5) is 11.9. The smallest absolute Gasteiger partial charge is 0.230 e. The number of rotatable bonds is 8. The topological polar surface area (TPSA) is 94.0 Å². The highest BCUT2D eigenvalue weighted by Gasteiger charge is 2.29. The van der Waals surface area contributed by atoms with E-state index < -0.39 is 9.84 Å². The molecule has 1 aromatic rings. The molecule has 9 heteroatoms. The third kappa shape index (κ3) is 5.47. The fraction of sp³-hybridized carbons (Fsp3) is 0.800. The molecule has 1 aliphatic heterocycles. The van der Waals surface area contributed by atoms with Gasteiger partial charge in [0.25, 0.3) is 0 Å². The van der Waals surface area contributed by atoms with Crippen LogP contribution in [-0.2, 0) is 28.1 Å². The number of sulfone groups is 1. The number of nitrogens with one attached hydrogen (secondary N) is 1. The average Bonchev–Trinajstić information content (AvgIpc) is 3.01. The Morgan fingerprint density at radius 3 is 2.83 bits per heavy atom. The summed E-state index contributed by atoms with van der Waals surface area (Å²) in [5.41, 5.74) is 0. The van der Waals surface area contributed by atoms with Gasteiger partial charge in [0.2, 0.25) is 5.91 Å². The Bertz CT molecular complexity index is 672. The minimum Gasteiger partial charge on any atom is -0.353 e. The maximum atomic E-state index is 11.9. The Hall–Kier alpha value is -1.09. The van der Waals surface area contributed by atoms with Crippen molar-refractivity contribution in [1.29, 1.82) is 0 Å². The van der Waals surface area contributed by atoms with Crippen molar-refractivity contribution < 1.29 is 13.2 Å². The largest absolute Gasteiger partial charge is 0.353 e. The molecule has 0 radical (unpaired) electrons. The molecule has 0 bridgehead atoms. The lowest BCUT2D eigenvalue weighted by Gasteiger charge is -2.12. The standard InChI is InChI=1S/C15H26N4O3S2/c1-4-5-11(2)16-14(20)9-23-15-18-17-13(19(15)3)8-12-6-7-24(21,22)10-12/h11-12H,4-10H2,1-3H3,(H,16,20)/t11-,12-/m1/s1. The van der Waals surface area contributed by atoms with Crippen LogP contribution in [0.2, 0.25) is 0 Å². The molecular formula is C15H26N4O3S2. The van der Waals surface area contributed by atoms with Crippen LogP contribution < -0.4 is 5.32 Å². The van der Waals surface area contributed by atoms with Crippen molar-refractivity contribution in [3.05, 3.63) is 5.82 Å². The third-order valence-electron chi connectivity index (χ3n) is 4.18. The SMILES string of the molecule is CCC[C@@H](C)NC(=O)CSc1nnc(C[C@H]2CCS(=O)(=O)C2)n1C. The van der Waals surface area contributed by atoms with Gasteiger partial charge in [0, 0.05) is 19.5 Å². The Kier molecular flexibility index (Phi) is 6.68.